The van der Waals surface area contributed by atoms with Crippen LogP contribution >= 0.6 is 11.3 Å². The Labute approximate surface area is 292 Å². The lowest BCUT2D eigenvalue weighted by Crippen LogP contribution is -2.60. The first-order valence-corrected chi connectivity index (χ1v) is 17.7. The maximum Gasteiger partial charge on any atom is 0.262 e. The minimum atomic E-state index is -0.975. The van der Waals surface area contributed by atoms with Gasteiger partial charge in [-0.15, -0.1) is 0 Å². The number of aromatic nitrogens is 1. The number of anilines is 1. The van der Waals surface area contributed by atoms with Crippen molar-refractivity contribution in [3.63, 3.8) is 0 Å². The van der Waals surface area contributed by atoms with Gasteiger partial charge in [0.15, 0.2) is 0 Å². The van der Waals surface area contributed by atoms with E-state index in [0.717, 1.165) is 83.2 Å². The van der Waals surface area contributed by atoms with Gasteiger partial charge in [-0.1, -0.05) is 0 Å². The van der Waals surface area contributed by atoms with Gasteiger partial charge < -0.3 is 18.9 Å². The van der Waals surface area contributed by atoms with Crippen LogP contribution in [0, 0.1) is 5.41 Å². The van der Waals surface area contributed by atoms with E-state index >= 15 is 0 Å². The number of hydrogen-bond acceptors (Lipinski definition) is 10. The molecule has 4 amide bonds. The molecule has 50 heavy (non-hydrogen) atoms. The van der Waals surface area contributed by atoms with Crippen molar-refractivity contribution >= 4 is 51.4 Å². The van der Waals surface area contributed by atoms with Crippen LogP contribution in [-0.2, 0) is 23.2 Å². The number of amides is 4. The van der Waals surface area contributed by atoms with E-state index in [1.807, 2.05) is 35.2 Å². The predicted octanol–water partition coefficient (Wildman–Crippen LogP) is 3.79. The SMILES string of the molecule is COc1cc(-c2cn(C)c(=O)c3cscc23)cc(OC)c1CN1CCC2(CC1)CN(c1ccc3c(c1)C(=O)N(C1CCC(=O)NC1=O)C3=O)C2. The zero-order chi connectivity index (χ0) is 34.9. The summed E-state index contributed by atoms with van der Waals surface area (Å²) in [6.45, 7) is 4.22. The number of rotatable bonds is 7. The van der Waals surface area contributed by atoms with Crippen molar-refractivity contribution in [1.29, 1.82) is 0 Å². The smallest absolute Gasteiger partial charge is 0.262 e. The second-order valence-corrected chi connectivity index (χ2v) is 14.6. The number of carbonyl (C=O) groups is 4. The third-order valence-corrected chi connectivity index (χ3v) is 11.6. The molecule has 0 bridgehead atoms. The average molecular weight is 696 g/mol. The largest absolute Gasteiger partial charge is 0.496 e. The van der Waals surface area contributed by atoms with Crippen molar-refractivity contribution in [2.75, 3.05) is 45.3 Å². The summed E-state index contributed by atoms with van der Waals surface area (Å²) in [5, 5.41) is 7.75. The zero-order valence-electron chi connectivity index (χ0n) is 28.1. The number of ether oxygens (including phenoxy) is 2. The summed E-state index contributed by atoms with van der Waals surface area (Å²) in [6, 6.07) is 8.41. The Bertz CT molecular complexity index is 2130. The summed E-state index contributed by atoms with van der Waals surface area (Å²) < 4.78 is 13.4. The molecule has 6 heterocycles. The van der Waals surface area contributed by atoms with Crippen LogP contribution in [0.1, 0.15) is 52.0 Å². The quantitative estimate of drug-likeness (QED) is 0.287. The van der Waals surface area contributed by atoms with E-state index in [0.29, 0.717) is 23.1 Å². The molecule has 1 unspecified atom stereocenters. The Morgan fingerprint density at radius 1 is 0.880 bits per heavy atom. The predicted molar refractivity (Wildman–Crippen MR) is 188 cm³/mol. The number of fused-ring (bicyclic) bond motifs is 2. The summed E-state index contributed by atoms with van der Waals surface area (Å²) in [5.41, 5.74) is 4.49. The Balaban J connectivity index is 0.935. The van der Waals surface area contributed by atoms with Crippen molar-refractivity contribution in [2.24, 2.45) is 12.5 Å². The number of benzene rings is 2. The van der Waals surface area contributed by atoms with Gasteiger partial charge >= 0.3 is 0 Å². The Morgan fingerprint density at radius 2 is 1.56 bits per heavy atom. The summed E-state index contributed by atoms with van der Waals surface area (Å²) >= 11 is 1.51. The number of aryl methyl sites for hydroxylation is 1. The molecule has 2 aromatic carbocycles. The van der Waals surface area contributed by atoms with Crippen LogP contribution in [0.4, 0.5) is 5.69 Å². The first-order chi connectivity index (χ1) is 24.1. The first kappa shape index (κ1) is 32.2. The van der Waals surface area contributed by atoms with Gasteiger partial charge in [0.1, 0.15) is 17.5 Å². The lowest BCUT2D eigenvalue weighted by atomic mass is 9.71. The highest BCUT2D eigenvalue weighted by molar-refractivity contribution is 7.09. The van der Waals surface area contributed by atoms with Crippen LogP contribution in [0.2, 0.25) is 0 Å². The van der Waals surface area contributed by atoms with E-state index in [1.165, 1.54) is 11.3 Å². The lowest BCUT2D eigenvalue weighted by Gasteiger charge is -2.55. The second kappa shape index (κ2) is 12.1. The molecular formula is C37H37N5O7S. The standard InChI is InChI=1S/C37H37N5O7S/c1-39-15-25(27-17-50-18-28(27)34(39)45)21-12-30(48-2)26(31(13-21)49-3)16-40-10-8-37(9-11-40)19-41(20-37)22-4-5-23-24(14-22)36(47)42(35(23)46)29-6-7-32(43)38-33(29)44/h4-5,12-15,17-18,29H,6-11,16,19-20H2,1-3H3,(H,38,43,44). The molecular weight excluding hydrogens is 659 g/mol. The van der Waals surface area contributed by atoms with Gasteiger partial charge in [0.25, 0.3) is 17.4 Å². The molecule has 8 rings (SSSR count). The molecule has 12 nitrogen and oxygen atoms in total. The van der Waals surface area contributed by atoms with Crippen LogP contribution in [0.15, 0.2) is 52.1 Å². The van der Waals surface area contributed by atoms with Crippen molar-refractivity contribution in [3.05, 3.63) is 74.3 Å². The molecule has 4 aliphatic heterocycles. The molecule has 1 atom stereocenters. The average Bonchev–Trinajstić information content (AvgIpc) is 3.69. The van der Waals surface area contributed by atoms with E-state index in [9.17, 15) is 24.0 Å². The van der Waals surface area contributed by atoms with Crippen molar-refractivity contribution in [2.45, 2.75) is 38.3 Å². The lowest BCUT2D eigenvalue weighted by molar-refractivity contribution is -0.136. The van der Waals surface area contributed by atoms with Gasteiger partial charge in [0.2, 0.25) is 11.8 Å². The van der Waals surface area contributed by atoms with Crippen LogP contribution in [0.3, 0.4) is 0 Å². The third kappa shape index (κ3) is 5.18. The number of carbonyl (C=O) groups excluding carboxylic acids is 4. The minimum Gasteiger partial charge on any atom is -0.496 e. The molecule has 4 aromatic rings. The molecule has 13 heteroatoms. The van der Waals surface area contributed by atoms with Crippen LogP contribution in [0.25, 0.3) is 21.9 Å². The van der Waals surface area contributed by atoms with Crippen molar-refractivity contribution in [1.82, 2.24) is 19.7 Å². The summed E-state index contributed by atoms with van der Waals surface area (Å²) in [4.78, 5) is 68.8. The number of nitrogens with one attached hydrogen (secondary N) is 1. The number of methoxy groups -OCH3 is 2. The van der Waals surface area contributed by atoms with Crippen LogP contribution in [-0.4, -0.2) is 84.4 Å². The van der Waals surface area contributed by atoms with E-state index in [4.69, 9.17) is 9.47 Å². The van der Waals surface area contributed by atoms with Gasteiger partial charge in [-0.05, 0) is 73.6 Å². The van der Waals surface area contributed by atoms with Gasteiger partial charge in [0.05, 0.1) is 36.3 Å². The highest BCUT2D eigenvalue weighted by Gasteiger charge is 2.47. The Hall–Kier alpha value is -5.01. The molecule has 0 saturated carbocycles. The number of piperidine rings is 2. The van der Waals surface area contributed by atoms with E-state index < -0.39 is 29.7 Å². The van der Waals surface area contributed by atoms with E-state index in [-0.39, 0.29) is 23.8 Å². The molecule has 3 saturated heterocycles. The fourth-order valence-corrected chi connectivity index (χ4v) is 8.86. The number of thiophene rings is 1. The number of nitrogens with zero attached hydrogens (tertiary/aromatic N) is 4. The summed E-state index contributed by atoms with van der Waals surface area (Å²) in [7, 11) is 5.11. The van der Waals surface area contributed by atoms with Crippen LogP contribution < -0.4 is 25.2 Å². The highest BCUT2D eigenvalue weighted by Crippen LogP contribution is 2.45. The fraction of sp³-hybridized carbons (Fsp3) is 0.378. The normalized spacial score (nSPS) is 20.3. The third-order valence-electron chi connectivity index (χ3n) is 10.9. The molecule has 1 spiro atoms. The monoisotopic (exact) mass is 695 g/mol. The zero-order valence-corrected chi connectivity index (χ0v) is 28.9. The maximum absolute atomic E-state index is 13.3. The van der Waals surface area contributed by atoms with E-state index in [2.05, 4.69) is 15.1 Å². The topological polar surface area (TPSA) is 130 Å². The molecule has 258 valence electrons. The fourth-order valence-electron chi connectivity index (χ4n) is 8.04. The summed E-state index contributed by atoms with van der Waals surface area (Å²) in [5.74, 6) is -0.497. The van der Waals surface area contributed by atoms with Gasteiger partial charge in [0, 0.05) is 66.7 Å². The first-order valence-electron chi connectivity index (χ1n) is 16.7. The Morgan fingerprint density at radius 3 is 2.24 bits per heavy atom. The highest BCUT2D eigenvalue weighted by atomic mass is 32.1. The molecule has 3 fully saturated rings. The van der Waals surface area contributed by atoms with E-state index in [1.54, 1.807) is 38.0 Å². The van der Waals surface area contributed by atoms with Gasteiger partial charge in [-0.3, -0.25) is 39.1 Å². The van der Waals surface area contributed by atoms with Gasteiger partial charge in [-0.25, -0.2) is 0 Å². The summed E-state index contributed by atoms with van der Waals surface area (Å²) in [6.07, 6.45) is 4.13. The second-order valence-electron chi connectivity index (χ2n) is 13.8. The molecule has 0 aliphatic carbocycles. The van der Waals surface area contributed by atoms with Crippen molar-refractivity contribution in [3.8, 4) is 22.6 Å². The number of hydrogen-bond donors (Lipinski definition) is 1. The van der Waals surface area contributed by atoms with Crippen molar-refractivity contribution < 1.29 is 28.7 Å². The van der Waals surface area contributed by atoms with Crippen LogP contribution in [0.5, 0.6) is 11.5 Å². The Kier molecular flexibility index (Phi) is 7.79. The molecule has 0 radical (unpaired) electrons. The number of pyridine rings is 1. The maximum atomic E-state index is 13.3. The molecule has 1 N–H and O–H groups in total. The number of likely N-dealkylation sites (tertiary alicyclic amines) is 1. The van der Waals surface area contributed by atoms with Gasteiger partial charge in [-0.2, -0.15) is 11.3 Å². The number of imide groups is 2. The minimum absolute atomic E-state index is 0.0183. The molecule has 2 aromatic heterocycles. The molecule has 4 aliphatic rings.